The molecule has 5 aromatic rings. The van der Waals surface area contributed by atoms with Gasteiger partial charge in [0.25, 0.3) is 0 Å². The highest BCUT2D eigenvalue weighted by Gasteiger charge is 2.45. The first-order chi connectivity index (χ1) is 26.6. The average Bonchev–Trinajstić information content (AvgIpc) is 3.63. The molecular weight excluding hydrogens is 766 g/mol. The number of ether oxygens (including phenoxy) is 3. The predicted octanol–water partition coefficient (Wildman–Crippen LogP) is 7.41. The second-order valence-corrected chi connectivity index (χ2v) is 17.4. The Balaban J connectivity index is 1.11. The molecule has 3 saturated heterocycles. The van der Waals surface area contributed by atoms with Gasteiger partial charge in [0.2, 0.25) is 0 Å². The van der Waals surface area contributed by atoms with Gasteiger partial charge in [0.05, 0.1) is 17.5 Å². The molecule has 0 saturated carbocycles. The van der Waals surface area contributed by atoms with Gasteiger partial charge in [-0.25, -0.2) is 9.18 Å². The van der Waals surface area contributed by atoms with Crippen molar-refractivity contribution in [3.05, 3.63) is 77.7 Å². The number of amides is 1. The number of halogens is 3. The van der Waals surface area contributed by atoms with Gasteiger partial charge in [0.15, 0.2) is 5.82 Å². The molecule has 0 radical (unpaired) electrons. The summed E-state index contributed by atoms with van der Waals surface area (Å²) in [5.41, 5.74) is 0.0000169. The standard InChI is InChI=1S/C40H41ClF2N6O6S/c1-40(2,3)55-39(50)49-24-14-15-25(49)20-48(19-24)37-31-18-44-35(30-12-5-8-23-9-6-13-32(41)33(23)30)34(42)36(31)45-38(46-37)53-22-26-16-28(21-47(26)4)54-27-10-7-11-29(17-27)56(43,51)52/h5-13,17-18,24-26,28H,14-16,19-22H2,1-4H3/t24?,25?,26?,28-/m1/s1. The minimum Gasteiger partial charge on any atom is -0.489 e. The van der Waals surface area contributed by atoms with E-state index in [1.54, 1.807) is 24.4 Å². The van der Waals surface area contributed by atoms with E-state index < -0.39 is 26.5 Å². The summed E-state index contributed by atoms with van der Waals surface area (Å²) in [4.78, 5) is 32.8. The summed E-state index contributed by atoms with van der Waals surface area (Å²) in [6, 6.07) is 15.9. The number of piperazine rings is 1. The van der Waals surface area contributed by atoms with E-state index in [9.17, 15) is 17.1 Å². The lowest BCUT2D eigenvalue weighted by Gasteiger charge is -2.42. The molecule has 3 aliphatic heterocycles. The molecule has 0 aliphatic carbocycles. The van der Waals surface area contributed by atoms with E-state index >= 15 is 4.39 Å². The maximum atomic E-state index is 17.0. The van der Waals surface area contributed by atoms with Crippen LogP contribution in [0.4, 0.5) is 18.9 Å². The number of benzene rings is 3. The van der Waals surface area contributed by atoms with E-state index in [1.165, 1.54) is 12.1 Å². The molecule has 294 valence electrons. The molecule has 8 rings (SSSR count). The van der Waals surface area contributed by atoms with Crippen LogP contribution in [0.2, 0.25) is 5.02 Å². The van der Waals surface area contributed by atoms with Gasteiger partial charge in [-0.1, -0.05) is 48.0 Å². The average molecular weight is 807 g/mol. The van der Waals surface area contributed by atoms with Crippen LogP contribution in [0.15, 0.2) is 71.8 Å². The molecule has 5 heterocycles. The quantitative estimate of drug-likeness (QED) is 0.146. The van der Waals surface area contributed by atoms with Crippen molar-refractivity contribution in [2.45, 2.75) is 74.8 Å². The minimum absolute atomic E-state index is 0.0277. The van der Waals surface area contributed by atoms with Crippen molar-refractivity contribution in [3.63, 3.8) is 0 Å². The zero-order valence-corrected chi connectivity index (χ0v) is 32.9. The summed E-state index contributed by atoms with van der Waals surface area (Å²) in [5, 5.41) is 2.37. The Morgan fingerprint density at radius 2 is 1.71 bits per heavy atom. The number of fused-ring (bicyclic) bond motifs is 4. The number of aromatic nitrogens is 3. The first-order valence-corrected chi connectivity index (χ1v) is 20.2. The number of likely N-dealkylation sites (N-methyl/N-ethyl adjacent to an activating group) is 1. The third-order valence-corrected chi connectivity index (χ3v) is 11.7. The number of hydrogen-bond acceptors (Lipinski definition) is 11. The Morgan fingerprint density at radius 1 is 1.00 bits per heavy atom. The van der Waals surface area contributed by atoms with Gasteiger partial charge in [-0.05, 0) is 64.2 Å². The van der Waals surface area contributed by atoms with Gasteiger partial charge < -0.3 is 19.1 Å². The fourth-order valence-electron chi connectivity index (χ4n) is 8.07. The first kappa shape index (κ1) is 38.0. The van der Waals surface area contributed by atoms with Crippen LogP contribution in [0.1, 0.15) is 40.0 Å². The van der Waals surface area contributed by atoms with Crippen molar-refractivity contribution in [2.75, 3.05) is 38.2 Å². The highest BCUT2D eigenvalue weighted by Crippen LogP contribution is 2.40. The second kappa shape index (κ2) is 14.6. The molecule has 2 aromatic heterocycles. The SMILES string of the molecule is CN1C[C@H](Oc2cccc(S(=O)(=O)F)c2)CC1COc1nc(N2CC3CCC(C2)N3C(=O)OC(C)(C)C)c2cnc(-c3cccc4cccc(Cl)c34)c(F)c2n1. The van der Waals surface area contributed by atoms with Crippen molar-refractivity contribution in [3.8, 4) is 23.0 Å². The molecule has 2 bridgehead atoms. The summed E-state index contributed by atoms with van der Waals surface area (Å²) >= 11 is 6.64. The molecule has 12 nitrogen and oxygen atoms in total. The van der Waals surface area contributed by atoms with E-state index in [0.29, 0.717) is 53.2 Å². The van der Waals surface area contributed by atoms with Crippen molar-refractivity contribution in [1.29, 1.82) is 0 Å². The Labute approximate surface area is 328 Å². The molecule has 56 heavy (non-hydrogen) atoms. The summed E-state index contributed by atoms with van der Waals surface area (Å²) in [6.45, 7) is 7.05. The van der Waals surface area contributed by atoms with Crippen molar-refractivity contribution in [2.24, 2.45) is 0 Å². The summed E-state index contributed by atoms with van der Waals surface area (Å²) in [5.74, 6) is 0.0328. The smallest absolute Gasteiger partial charge is 0.410 e. The molecule has 1 amide bonds. The fourth-order valence-corrected chi connectivity index (χ4v) is 8.85. The van der Waals surface area contributed by atoms with Crippen molar-refractivity contribution >= 4 is 55.4 Å². The van der Waals surface area contributed by atoms with E-state index in [4.69, 9.17) is 30.8 Å². The van der Waals surface area contributed by atoms with Gasteiger partial charge >= 0.3 is 22.3 Å². The van der Waals surface area contributed by atoms with Crippen LogP contribution in [0.3, 0.4) is 0 Å². The van der Waals surface area contributed by atoms with Crippen LogP contribution in [-0.4, -0.2) is 102 Å². The second-order valence-electron chi connectivity index (χ2n) is 15.6. The summed E-state index contributed by atoms with van der Waals surface area (Å²) in [6.07, 6.45) is 2.97. The van der Waals surface area contributed by atoms with Crippen molar-refractivity contribution < 1.29 is 35.7 Å². The molecule has 3 aliphatic rings. The van der Waals surface area contributed by atoms with E-state index in [0.717, 1.165) is 24.3 Å². The Hall–Kier alpha value is -4.86. The first-order valence-electron chi connectivity index (χ1n) is 18.5. The predicted molar refractivity (Wildman–Crippen MR) is 208 cm³/mol. The van der Waals surface area contributed by atoms with Gasteiger partial charge in [-0.15, -0.1) is 3.89 Å². The van der Waals surface area contributed by atoms with Crippen LogP contribution in [0.5, 0.6) is 11.8 Å². The highest BCUT2D eigenvalue weighted by molar-refractivity contribution is 7.86. The Kier molecular flexibility index (Phi) is 9.90. The number of hydrogen-bond donors (Lipinski definition) is 0. The molecule has 0 spiro atoms. The number of anilines is 1. The van der Waals surface area contributed by atoms with Gasteiger partial charge in [-0.2, -0.15) is 18.4 Å². The van der Waals surface area contributed by atoms with Crippen LogP contribution >= 0.6 is 11.6 Å². The molecule has 4 atom stereocenters. The normalized spacial score (nSPS) is 21.6. The Bertz CT molecular complexity index is 2430. The van der Waals surface area contributed by atoms with Gasteiger partial charge in [-0.3, -0.25) is 14.8 Å². The maximum absolute atomic E-state index is 17.0. The van der Waals surface area contributed by atoms with E-state index in [-0.39, 0.29) is 59.9 Å². The van der Waals surface area contributed by atoms with E-state index in [2.05, 4.69) is 9.97 Å². The zero-order chi connectivity index (χ0) is 39.5. The lowest BCUT2D eigenvalue weighted by Crippen LogP contribution is -2.57. The molecule has 16 heteroatoms. The lowest BCUT2D eigenvalue weighted by molar-refractivity contribution is 0.0122. The topological polar surface area (TPSA) is 127 Å². The third kappa shape index (κ3) is 7.51. The molecule has 3 fully saturated rings. The number of carbonyl (C=O) groups is 1. The monoisotopic (exact) mass is 806 g/mol. The maximum Gasteiger partial charge on any atom is 0.410 e. The largest absolute Gasteiger partial charge is 0.489 e. The molecular formula is C40H41ClF2N6O6S. The molecule has 3 aromatic carbocycles. The van der Waals surface area contributed by atoms with E-state index in [1.807, 2.05) is 66.8 Å². The number of nitrogens with zero attached hydrogens (tertiary/aromatic N) is 6. The molecule has 0 N–H and O–H groups in total. The minimum atomic E-state index is -4.88. The Morgan fingerprint density at radius 3 is 2.43 bits per heavy atom. The summed E-state index contributed by atoms with van der Waals surface area (Å²) < 4.78 is 71.5. The van der Waals surface area contributed by atoms with Crippen LogP contribution in [0.25, 0.3) is 32.9 Å². The third-order valence-electron chi connectivity index (χ3n) is 10.6. The highest BCUT2D eigenvalue weighted by atomic mass is 35.5. The number of rotatable bonds is 8. The zero-order valence-electron chi connectivity index (χ0n) is 31.3. The summed E-state index contributed by atoms with van der Waals surface area (Å²) in [7, 11) is -2.98. The molecule has 3 unspecified atom stereocenters. The van der Waals surface area contributed by atoms with Gasteiger partial charge in [0, 0.05) is 60.3 Å². The number of likely N-dealkylation sites (tertiary alicyclic amines) is 1. The number of carbonyl (C=O) groups excluding carboxylic acids is 1. The van der Waals surface area contributed by atoms with Crippen LogP contribution in [-0.2, 0) is 15.0 Å². The van der Waals surface area contributed by atoms with Crippen molar-refractivity contribution in [1.82, 2.24) is 24.8 Å². The van der Waals surface area contributed by atoms with Crippen LogP contribution < -0.4 is 14.4 Å². The van der Waals surface area contributed by atoms with Crippen LogP contribution in [0, 0.1) is 5.82 Å². The fraction of sp³-hybridized carbons (Fsp3) is 0.400. The van der Waals surface area contributed by atoms with Gasteiger partial charge in [0.1, 0.15) is 46.0 Å². The lowest BCUT2D eigenvalue weighted by atomic mass is 10.0. The number of pyridine rings is 1.